The van der Waals surface area contributed by atoms with E-state index in [-0.39, 0.29) is 23.6 Å². The van der Waals surface area contributed by atoms with Gasteiger partial charge in [0.2, 0.25) is 17.7 Å². The normalized spacial score (nSPS) is 20.9. The largest absolute Gasteiger partial charge is 0.342 e. The summed E-state index contributed by atoms with van der Waals surface area (Å²) in [5, 5.41) is 0. The molecular formula is C19H25N3O3. The molecule has 6 heteroatoms. The smallest absolute Gasteiger partial charge is 0.228 e. The second-order valence-electron chi connectivity index (χ2n) is 6.81. The molecule has 0 spiro atoms. The number of hydrogen-bond acceptors (Lipinski definition) is 3. The Labute approximate surface area is 148 Å². The number of likely N-dealkylation sites (tertiary alicyclic amines) is 1. The van der Waals surface area contributed by atoms with Crippen LogP contribution in [0.3, 0.4) is 0 Å². The van der Waals surface area contributed by atoms with Crippen LogP contribution < -0.4 is 0 Å². The maximum absolute atomic E-state index is 12.7. The van der Waals surface area contributed by atoms with Gasteiger partial charge in [-0.25, -0.2) is 0 Å². The zero-order chi connectivity index (χ0) is 17.8. The Kier molecular flexibility index (Phi) is 5.36. The second-order valence-corrected chi connectivity index (χ2v) is 6.81. The Morgan fingerprint density at radius 2 is 1.68 bits per heavy atom. The monoisotopic (exact) mass is 343 g/mol. The molecule has 0 N–H and O–H groups in total. The molecule has 1 aromatic carbocycles. The Balaban J connectivity index is 1.50. The molecule has 0 aromatic heterocycles. The van der Waals surface area contributed by atoms with Crippen LogP contribution in [0.15, 0.2) is 30.3 Å². The fourth-order valence-electron chi connectivity index (χ4n) is 3.56. The molecule has 25 heavy (non-hydrogen) atoms. The van der Waals surface area contributed by atoms with Crippen molar-refractivity contribution in [2.24, 2.45) is 5.92 Å². The second kappa shape index (κ2) is 7.68. The van der Waals surface area contributed by atoms with Gasteiger partial charge in [0, 0.05) is 52.6 Å². The van der Waals surface area contributed by atoms with Crippen LogP contribution in [0.5, 0.6) is 0 Å². The van der Waals surface area contributed by atoms with Crippen molar-refractivity contribution in [1.82, 2.24) is 14.7 Å². The highest BCUT2D eigenvalue weighted by molar-refractivity contribution is 5.89. The van der Waals surface area contributed by atoms with Crippen LogP contribution in [0.2, 0.25) is 0 Å². The van der Waals surface area contributed by atoms with E-state index in [0.717, 1.165) is 6.42 Å². The van der Waals surface area contributed by atoms with E-state index in [1.807, 2.05) is 18.2 Å². The zero-order valence-electron chi connectivity index (χ0n) is 14.7. The molecule has 0 aliphatic carbocycles. The van der Waals surface area contributed by atoms with Gasteiger partial charge in [0.15, 0.2) is 0 Å². The molecule has 134 valence electrons. The fraction of sp³-hybridized carbons (Fsp3) is 0.526. The number of carbonyl (C=O) groups excluding carboxylic acids is 3. The van der Waals surface area contributed by atoms with Gasteiger partial charge in [-0.05, 0) is 12.0 Å². The molecule has 2 heterocycles. The lowest BCUT2D eigenvalue weighted by Gasteiger charge is -2.35. The molecule has 0 radical (unpaired) electrons. The quantitative estimate of drug-likeness (QED) is 0.811. The summed E-state index contributed by atoms with van der Waals surface area (Å²) in [6, 6.07) is 10.1. The predicted molar refractivity (Wildman–Crippen MR) is 93.7 cm³/mol. The highest BCUT2D eigenvalue weighted by Gasteiger charge is 2.37. The van der Waals surface area contributed by atoms with Gasteiger partial charge < -0.3 is 14.7 Å². The topological polar surface area (TPSA) is 60.9 Å². The van der Waals surface area contributed by atoms with E-state index in [9.17, 15) is 14.4 Å². The maximum Gasteiger partial charge on any atom is 0.228 e. The summed E-state index contributed by atoms with van der Waals surface area (Å²) in [4.78, 5) is 41.7. The number of hydrogen-bond donors (Lipinski definition) is 0. The van der Waals surface area contributed by atoms with Crippen LogP contribution in [0.4, 0.5) is 0 Å². The standard InChI is InChI=1S/C19H25N3O3/c1-15(23)20-9-11-21(12-10-20)19(25)17-13-18(24)22(14-17)8-7-16-5-3-2-4-6-16/h2-6,17H,7-14H2,1H3. The summed E-state index contributed by atoms with van der Waals surface area (Å²) in [6.45, 7) is 5.01. The van der Waals surface area contributed by atoms with Gasteiger partial charge in [-0.2, -0.15) is 0 Å². The van der Waals surface area contributed by atoms with Gasteiger partial charge in [-0.3, -0.25) is 14.4 Å². The van der Waals surface area contributed by atoms with Crippen molar-refractivity contribution in [1.29, 1.82) is 0 Å². The van der Waals surface area contributed by atoms with E-state index >= 15 is 0 Å². The Bertz CT molecular complexity index is 639. The summed E-state index contributed by atoms with van der Waals surface area (Å²) in [7, 11) is 0. The number of rotatable bonds is 4. The minimum atomic E-state index is -0.243. The number of amides is 3. The Morgan fingerprint density at radius 3 is 2.32 bits per heavy atom. The Hall–Kier alpha value is -2.37. The molecule has 3 amide bonds. The first-order valence-electron chi connectivity index (χ1n) is 8.90. The van der Waals surface area contributed by atoms with Gasteiger partial charge in [0.05, 0.1) is 5.92 Å². The summed E-state index contributed by atoms with van der Waals surface area (Å²) < 4.78 is 0. The highest BCUT2D eigenvalue weighted by atomic mass is 16.2. The summed E-state index contributed by atoms with van der Waals surface area (Å²) in [5.74, 6) is -0.0715. The van der Waals surface area contributed by atoms with E-state index in [0.29, 0.717) is 45.7 Å². The molecule has 3 rings (SSSR count). The van der Waals surface area contributed by atoms with Gasteiger partial charge in [-0.15, -0.1) is 0 Å². The third-order valence-electron chi connectivity index (χ3n) is 5.11. The molecule has 1 aromatic rings. The van der Waals surface area contributed by atoms with E-state index in [1.165, 1.54) is 5.56 Å². The van der Waals surface area contributed by atoms with Crippen molar-refractivity contribution >= 4 is 17.7 Å². The van der Waals surface area contributed by atoms with E-state index < -0.39 is 0 Å². The summed E-state index contributed by atoms with van der Waals surface area (Å²) in [6.07, 6.45) is 1.12. The summed E-state index contributed by atoms with van der Waals surface area (Å²) in [5.41, 5.74) is 1.20. The van der Waals surface area contributed by atoms with Crippen LogP contribution >= 0.6 is 0 Å². The SMILES string of the molecule is CC(=O)N1CCN(C(=O)C2CC(=O)N(CCc3ccccc3)C2)CC1. The molecule has 0 saturated carbocycles. The predicted octanol–water partition coefficient (Wildman–Crippen LogP) is 0.768. The fourth-order valence-corrected chi connectivity index (χ4v) is 3.56. The first-order valence-corrected chi connectivity index (χ1v) is 8.90. The lowest BCUT2D eigenvalue weighted by molar-refractivity contribution is -0.141. The van der Waals surface area contributed by atoms with Crippen molar-refractivity contribution in [2.45, 2.75) is 19.8 Å². The molecule has 1 unspecified atom stereocenters. The van der Waals surface area contributed by atoms with Crippen molar-refractivity contribution < 1.29 is 14.4 Å². The lowest BCUT2D eigenvalue weighted by Crippen LogP contribution is -2.51. The number of piperazine rings is 1. The van der Waals surface area contributed by atoms with E-state index in [2.05, 4.69) is 12.1 Å². The molecule has 6 nitrogen and oxygen atoms in total. The average molecular weight is 343 g/mol. The van der Waals surface area contributed by atoms with Crippen molar-refractivity contribution in [2.75, 3.05) is 39.3 Å². The maximum atomic E-state index is 12.7. The number of benzene rings is 1. The molecule has 2 aliphatic rings. The molecule has 0 bridgehead atoms. The van der Waals surface area contributed by atoms with Crippen LogP contribution in [-0.2, 0) is 20.8 Å². The van der Waals surface area contributed by atoms with Gasteiger partial charge >= 0.3 is 0 Å². The first kappa shape index (κ1) is 17.5. The van der Waals surface area contributed by atoms with Crippen molar-refractivity contribution in [3.8, 4) is 0 Å². The van der Waals surface area contributed by atoms with Gasteiger partial charge in [0.1, 0.15) is 0 Å². The van der Waals surface area contributed by atoms with Crippen LogP contribution in [0, 0.1) is 5.92 Å². The van der Waals surface area contributed by atoms with Gasteiger partial charge in [0.25, 0.3) is 0 Å². The van der Waals surface area contributed by atoms with Crippen LogP contribution in [-0.4, -0.2) is 71.7 Å². The zero-order valence-corrected chi connectivity index (χ0v) is 14.7. The molecule has 2 saturated heterocycles. The van der Waals surface area contributed by atoms with Crippen molar-refractivity contribution in [3.05, 3.63) is 35.9 Å². The molecule has 1 atom stereocenters. The van der Waals surface area contributed by atoms with E-state index in [1.54, 1.807) is 21.6 Å². The van der Waals surface area contributed by atoms with E-state index in [4.69, 9.17) is 0 Å². The molecular weight excluding hydrogens is 318 g/mol. The number of nitrogens with zero attached hydrogens (tertiary/aromatic N) is 3. The van der Waals surface area contributed by atoms with Crippen molar-refractivity contribution in [3.63, 3.8) is 0 Å². The minimum Gasteiger partial charge on any atom is -0.342 e. The third kappa shape index (κ3) is 4.18. The third-order valence-corrected chi connectivity index (χ3v) is 5.11. The van der Waals surface area contributed by atoms with Gasteiger partial charge in [-0.1, -0.05) is 30.3 Å². The summed E-state index contributed by atoms with van der Waals surface area (Å²) >= 11 is 0. The van der Waals surface area contributed by atoms with Crippen LogP contribution in [0.1, 0.15) is 18.9 Å². The lowest BCUT2D eigenvalue weighted by atomic mass is 10.1. The average Bonchev–Trinajstić information content (AvgIpc) is 3.01. The Morgan fingerprint density at radius 1 is 1.04 bits per heavy atom. The number of carbonyl (C=O) groups is 3. The molecule has 2 aliphatic heterocycles. The molecule has 2 fully saturated rings. The highest BCUT2D eigenvalue weighted by Crippen LogP contribution is 2.21. The minimum absolute atomic E-state index is 0.0511. The van der Waals surface area contributed by atoms with Crippen LogP contribution in [0.25, 0.3) is 0 Å². The first-order chi connectivity index (χ1) is 12.0.